The summed E-state index contributed by atoms with van der Waals surface area (Å²) in [7, 11) is -2.17. The van der Waals surface area contributed by atoms with Crippen molar-refractivity contribution in [2.75, 3.05) is 18.0 Å². The molecule has 2 aromatic carbocycles. The van der Waals surface area contributed by atoms with Crippen molar-refractivity contribution in [1.82, 2.24) is 0 Å². The quantitative estimate of drug-likeness (QED) is 0.719. The number of sulfonamides is 1. The number of methoxy groups -OCH3 is 1. The molecule has 0 aromatic heterocycles. The van der Waals surface area contributed by atoms with Crippen molar-refractivity contribution in [2.45, 2.75) is 31.1 Å². The van der Waals surface area contributed by atoms with E-state index in [0.29, 0.717) is 11.4 Å². The zero-order valence-electron chi connectivity index (χ0n) is 15.2. The molecule has 0 aliphatic carbocycles. The fourth-order valence-corrected chi connectivity index (χ4v) is 4.10. The summed E-state index contributed by atoms with van der Waals surface area (Å²) in [6.45, 7) is 10.1. The molecule has 0 unspecified atom stereocenters. The van der Waals surface area contributed by atoms with Crippen LogP contribution in [0.5, 0.6) is 5.75 Å². The van der Waals surface area contributed by atoms with Crippen molar-refractivity contribution >= 4 is 15.7 Å². The first-order valence-corrected chi connectivity index (χ1v) is 9.53. The second-order valence-electron chi connectivity index (χ2n) is 6.77. The number of benzene rings is 2. The molecule has 5 heteroatoms. The summed E-state index contributed by atoms with van der Waals surface area (Å²) in [5.41, 5.74) is 1.45. The van der Waals surface area contributed by atoms with Gasteiger partial charge in [-0.1, -0.05) is 45.0 Å². The van der Waals surface area contributed by atoms with Gasteiger partial charge in [-0.2, -0.15) is 0 Å². The minimum Gasteiger partial charge on any atom is -0.497 e. The summed E-state index contributed by atoms with van der Waals surface area (Å²) >= 11 is 0. The lowest BCUT2D eigenvalue weighted by Crippen LogP contribution is -2.33. The molecule has 4 nitrogen and oxygen atoms in total. The minimum absolute atomic E-state index is 0.189. The van der Waals surface area contributed by atoms with Crippen molar-refractivity contribution in [3.63, 3.8) is 0 Å². The molecule has 0 heterocycles. The molecule has 0 N–H and O–H groups in total. The highest BCUT2D eigenvalue weighted by atomic mass is 32.2. The van der Waals surface area contributed by atoms with Crippen LogP contribution in [0.3, 0.4) is 0 Å². The summed E-state index contributed by atoms with van der Waals surface area (Å²) in [5, 5.41) is 0. The van der Waals surface area contributed by atoms with Crippen LogP contribution in [0.15, 0.2) is 66.1 Å². The van der Waals surface area contributed by atoms with Crippen molar-refractivity contribution in [3.8, 4) is 5.75 Å². The van der Waals surface area contributed by atoms with Crippen LogP contribution in [0.25, 0.3) is 0 Å². The fourth-order valence-electron chi connectivity index (χ4n) is 2.64. The van der Waals surface area contributed by atoms with Crippen LogP contribution in [0.1, 0.15) is 26.3 Å². The van der Waals surface area contributed by atoms with Crippen molar-refractivity contribution in [2.24, 2.45) is 0 Å². The number of nitrogens with zero attached hydrogens (tertiary/aromatic N) is 1. The molecule has 0 radical (unpaired) electrons. The Morgan fingerprint density at radius 1 is 1.08 bits per heavy atom. The average Bonchev–Trinajstić information content (AvgIpc) is 2.59. The van der Waals surface area contributed by atoms with Gasteiger partial charge in [0.1, 0.15) is 5.75 Å². The monoisotopic (exact) mass is 359 g/mol. The molecule has 0 saturated heterocycles. The number of hydrogen-bond acceptors (Lipinski definition) is 3. The second kappa shape index (κ2) is 7.31. The van der Waals surface area contributed by atoms with Crippen LogP contribution in [-0.4, -0.2) is 22.1 Å². The number of anilines is 1. The summed E-state index contributed by atoms with van der Waals surface area (Å²) in [4.78, 5) is 0.221. The first-order valence-electron chi connectivity index (χ1n) is 8.09. The Hall–Kier alpha value is -2.27. The van der Waals surface area contributed by atoms with E-state index >= 15 is 0 Å². The molecule has 0 fully saturated rings. The largest absolute Gasteiger partial charge is 0.497 e. The lowest BCUT2D eigenvalue weighted by molar-refractivity contribution is 0.414. The van der Waals surface area contributed by atoms with E-state index in [-0.39, 0.29) is 16.9 Å². The highest BCUT2D eigenvalue weighted by Crippen LogP contribution is 2.34. The van der Waals surface area contributed by atoms with Crippen molar-refractivity contribution < 1.29 is 13.2 Å². The molecule has 0 aliphatic rings. The van der Waals surface area contributed by atoms with Crippen LogP contribution in [0, 0.1) is 0 Å². The Bertz CT molecular complexity index is 834. The summed E-state index contributed by atoms with van der Waals surface area (Å²) < 4.78 is 33.0. The lowest BCUT2D eigenvalue weighted by atomic mass is 9.86. The minimum atomic E-state index is -3.72. The molecule has 134 valence electrons. The molecular weight excluding hydrogens is 334 g/mol. The fraction of sp³-hybridized carbons (Fsp3) is 0.300. The van der Waals surface area contributed by atoms with Crippen LogP contribution in [0.2, 0.25) is 0 Å². The second-order valence-corrected chi connectivity index (χ2v) is 8.63. The molecule has 0 spiro atoms. The maximum atomic E-state index is 13.2. The van der Waals surface area contributed by atoms with Crippen molar-refractivity contribution in [3.05, 3.63) is 66.7 Å². The highest BCUT2D eigenvalue weighted by molar-refractivity contribution is 7.92. The van der Waals surface area contributed by atoms with E-state index in [1.807, 2.05) is 24.3 Å². The highest BCUT2D eigenvalue weighted by Gasteiger charge is 2.28. The predicted octanol–water partition coefficient (Wildman–Crippen LogP) is 4.37. The van der Waals surface area contributed by atoms with Gasteiger partial charge in [0.05, 0.1) is 24.2 Å². The van der Waals surface area contributed by atoms with Gasteiger partial charge >= 0.3 is 0 Å². The third kappa shape index (κ3) is 4.04. The van der Waals surface area contributed by atoms with Gasteiger partial charge in [-0.25, -0.2) is 8.42 Å². The molecule has 2 rings (SSSR count). The van der Waals surface area contributed by atoms with Gasteiger partial charge in [0, 0.05) is 0 Å². The third-order valence-electron chi connectivity index (χ3n) is 3.92. The number of hydrogen-bond donors (Lipinski definition) is 0. The SMILES string of the molecule is C=CCN(c1ccccc1C(C)(C)C)S(=O)(=O)c1ccc(OC)cc1. The van der Waals surface area contributed by atoms with Gasteiger partial charge in [-0.3, -0.25) is 4.31 Å². The van der Waals surface area contributed by atoms with Gasteiger partial charge in [0.15, 0.2) is 0 Å². The Morgan fingerprint density at radius 2 is 1.68 bits per heavy atom. The lowest BCUT2D eigenvalue weighted by Gasteiger charge is -2.30. The zero-order chi connectivity index (χ0) is 18.7. The standard InChI is InChI=1S/C20H25NO3S/c1-6-15-21(19-10-8-7-9-18(19)20(2,3)4)25(22,23)17-13-11-16(24-5)12-14-17/h6-14H,1,15H2,2-5H3. The van der Waals surface area contributed by atoms with E-state index < -0.39 is 10.0 Å². The van der Waals surface area contributed by atoms with Gasteiger partial charge in [-0.05, 0) is 41.3 Å². The van der Waals surface area contributed by atoms with E-state index in [9.17, 15) is 8.42 Å². The average molecular weight is 359 g/mol. The summed E-state index contributed by atoms with van der Waals surface area (Å²) in [5.74, 6) is 0.615. The van der Waals surface area contributed by atoms with Gasteiger partial charge in [0.2, 0.25) is 0 Å². The van der Waals surface area contributed by atoms with Crippen LogP contribution in [0.4, 0.5) is 5.69 Å². The molecule has 25 heavy (non-hydrogen) atoms. The Kier molecular flexibility index (Phi) is 5.58. The topological polar surface area (TPSA) is 46.6 Å². The van der Waals surface area contributed by atoms with Crippen LogP contribution >= 0.6 is 0 Å². The maximum absolute atomic E-state index is 13.2. The van der Waals surface area contributed by atoms with Gasteiger partial charge in [0.25, 0.3) is 10.0 Å². The summed E-state index contributed by atoms with van der Waals surface area (Å²) in [6.07, 6.45) is 1.60. The van der Waals surface area contributed by atoms with Crippen LogP contribution in [-0.2, 0) is 15.4 Å². The molecular formula is C20H25NO3S. The normalized spacial score (nSPS) is 11.8. The number of para-hydroxylation sites is 1. The molecule has 0 amide bonds. The predicted molar refractivity (Wildman–Crippen MR) is 103 cm³/mol. The molecule has 0 bridgehead atoms. The Labute approximate surface area is 150 Å². The third-order valence-corrected chi connectivity index (χ3v) is 5.72. The smallest absolute Gasteiger partial charge is 0.264 e. The van der Waals surface area contributed by atoms with E-state index in [1.165, 1.54) is 4.31 Å². The molecule has 2 aromatic rings. The Balaban J connectivity index is 2.59. The maximum Gasteiger partial charge on any atom is 0.264 e. The van der Waals surface area contributed by atoms with Gasteiger partial charge < -0.3 is 4.74 Å². The van der Waals surface area contributed by atoms with E-state index in [4.69, 9.17) is 4.74 Å². The van der Waals surface area contributed by atoms with E-state index in [1.54, 1.807) is 37.5 Å². The number of ether oxygens (including phenoxy) is 1. The number of rotatable bonds is 6. The van der Waals surface area contributed by atoms with Crippen molar-refractivity contribution in [1.29, 1.82) is 0 Å². The van der Waals surface area contributed by atoms with Crippen LogP contribution < -0.4 is 9.04 Å². The van der Waals surface area contributed by atoms with Gasteiger partial charge in [-0.15, -0.1) is 6.58 Å². The Morgan fingerprint density at radius 3 is 2.20 bits per heavy atom. The van der Waals surface area contributed by atoms with E-state index in [0.717, 1.165) is 5.56 Å². The molecule has 0 saturated carbocycles. The molecule has 0 atom stereocenters. The molecule has 0 aliphatic heterocycles. The van der Waals surface area contributed by atoms with E-state index in [2.05, 4.69) is 27.4 Å². The summed E-state index contributed by atoms with van der Waals surface area (Å²) in [6, 6.07) is 14.0. The zero-order valence-corrected chi connectivity index (χ0v) is 16.0. The first kappa shape index (κ1) is 19.1. The first-order chi connectivity index (χ1) is 11.7.